The Morgan fingerprint density at radius 3 is 2.93 bits per heavy atom. The third kappa shape index (κ3) is 3.46. The quantitative estimate of drug-likeness (QED) is 0.509. The molecule has 1 aromatic carbocycles. The predicted octanol–water partition coefficient (Wildman–Crippen LogP) is 2.81. The van der Waals surface area contributed by atoms with Crippen LogP contribution in [0.15, 0.2) is 53.3 Å². The molecule has 8 nitrogen and oxygen atoms in total. The summed E-state index contributed by atoms with van der Waals surface area (Å²) in [5.41, 5.74) is 3.96. The van der Waals surface area contributed by atoms with Gasteiger partial charge in [-0.3, -0.25) is 4.79 Å². The number of carbonyl (C=O) groups is 1. The van der Waals surface area contributed by atoms with Crippen LogP contribution in [-0.2, 0) is 30.9 Å². The Bertz CT molecular complexity index is 1200. The van der Waals surface area contributed by atoms with E-state index < -0.39 is 0 Å². The molecule has 0 spiro atoms. The summed E-state index contributed by atoms with van der Waals surface area (Å²) in [6, 6.07) is 12.0. The van der Waals surface area contributed by atoms with Gasteiger partial charge in [-0.15, -0.1) is 0 Å². The first-order valence-electron chi connectivity index (χ1n) is 9.82. The van der Waals surface area contributed by atoms with E-state index in [0.29, 0.717) is 49.6 Å². The number of oxazole rings is 1. The number of amides is 1. The zero-order valence-corrected chi connectivity index (χ0v) is 16.6. The molecule has 1 amide bonds. The van der Waals surface area contributed by atoms with Crippen molar-refractivity contribution in [2.24, 2.45) is 0 Å². The number of methoxy groups -OCH3 is 1. The van der Waals surface area contributed by atoms with Crippen LogP contribution >= 0.6 is 0 Å². The predicted molar refractivity (Wildman–Crippen MR) is 109 cm³/mol. The Kier molecular flexibility index (Phi) is 4.76. The maximum atomic E-state index is 13.1. The first-order chi connectivity index (χ1) is 14.7. The monoisotopic (exact) mass is 403 g/mol. The van der Waals surface area contributed by atoms with Crippen molar-refractivity contribution in [2.45, 2.75) is 26.1 Å². The summed E-state index contributed by atoms with van der Waals surface area (Å²) in [6.07, 6.45) is 4.03. The molecular weight excluding hydrogens is 382 g/mol. The number of fused-ring (bicyclic) bond motifs is 2. The van der Waals surface area contributed by atoms with Crippen LogP contribution in [0, 0.1) is 0 Å². The molecule has 30 heavy (non-hydrogen) atoms. The van der Waals surface area contributed by atoms with Gasteiger partial charge < -0.3 is 18.6 Å². The van der Waals surface area contributed by atoms with Crippen LogP contribution in [0.3, 0.4) is 0 Å². The first kappa shape index (κ1) is 18.5. The second-order valence-electron chi connectivity index (χ2n) is 7.31. The number of rotatable bonds is 5. The van der Waals surface area contributed by atoms with E-state index in [0.717, 1.165) is 17.1 Å². The Hall–Kier alpha value is -3.52. The van der Waals surface area contributed by atoms with E-state index in [1.165, 1.54) is 5.56 Å². The Labute approximate surface area is 173 Å². The SMILES string of the molecule is COCc1nc2c(o1)CCN(C(=O)c1cnc3c(c1)ncn3Cc1ccccc1)C2. The maximum absolute atomic E-state index is 13.1. The number of carbonyl (C=O) groups excluding carboxylic acids is 1. The zero-order valence-electron chi connectivity index (χ0n) is 16.6. The Morgan fingerprint density at radius 1 is 1.23 bits per heavy atom. The molecule has 4 aromatic rings. The fourth-order valence-electron chi connectivity index (χ4n) is 3.75. The van der Waals surface area contributed by atoms with Gasteiger partial charge in [-0.05, 0) is 11.6 Å². The van der Waals surface area contributed by atoms with Crippen molar-refractivity contribution in [3.8, 4) is 0 Å². The lowest BCUT2D eigenvalue weighted by molar-refractivity contribution is 0.0727. The molecule has 0 fully saturated rings. The third-order valence-electron chi connectivity index (χ3n) is 5.23. The number of aromatic nitrogens is 4. The van der Waals surface area contributed by atoms with Crippen LogP contribution in [0.25, 0.3) is 11.2 Å². The van der Waals surface area contributed by atoms with Gasteiger partial charge in [-0.1, -0.05) is 30.3 Å². The van der Waals surface area contributed by atoms with E-state index in [9.17, 15) is 4.79 Å². The van der Waals surface area contributed by atoms with Gasteiger partial charge >= 0.3 is 0 Å². The van der Waals surface area contributed by atoms with E-state index >= 15 is 0 Å². The molecule has 3 aromatic heterocycles. The number of hydrogen-bond donors (Lipinski definition) is 0. The van der Waals surface area contributed by atoms with Crippen molar-refractivity contribution in [1.29, 1.82) is 0 Å². The van der Waals surface area contributed by atoms with Crippen molar-refractivity contribution in [2.75, 3.05) is 13.7 Å². The lowest BCUT2D eigenvalue weighted by Gasteiger charge is -2.25. The lowest BCUT2D eigenvalue weighted by atomic mass is 10.1. The van der Waals surface area contributed by atoms with E-state index in [2.05, 4.69) is 27.1 Å². The molecule has 152 valence electrons. The van der Waals surface area contributed by atoms with Crippen molar-refractivity contribution in [3.63, 3.8) is 0 Å². The highest BCUT2D eigenvalue weighted by atomic mass is 16.5. The highest BCUT2D eigenvalue weighted by Crippen LogP contribution is 2.22. The van der Waals surface area contributed by atoms with Crippen LogP contribution in [0.5, 0.6) is 0 Å². The Morgan fingerprint density at radius 2 is 2.10 bits per heavy atom. The number of nitrogens with zero attached hydrogens (tertiary/aromatic N) is 5. The van der Waals surface area contributed by atoms with Crippen molar-refractivity contribution in [1.82, 2.24) is 24.4 Å². The van der Waals surface area contributed by atoms with Crippen LogP contribution < -0.4 is 0 Å². The van der Waals surface area contributed by atoms with E-state index in [4.69, 9.17) is 9.15 Å². The van der Waals surface area contributed by atoms with Gasteiger partial charge in [-0.25, -0.2) is 15.0 Å². The number of imidazole rings is 1. The summed E-state index contributed by atoms with van der Waals surface area (Å²) < 4.78 is 12.8. The molecule has 8 heteroatoms. The highest BCUT2D eigenvalue weighted by molar-refractivity contribution is 5.96. The van der Waals surface area contributed by atoms with Crippen molar-refractivity contribution < 1.29 is 13.9 Å². The molecule has 0 N–H and O–H groups in total. The van der Waals surface area contributed by atoms with Crippen molar-refractivity contribution >= 4 is 17.1 Å². The summed E-state index contributed by atoms with van der Waals surface area (Å²) in [5, 5.41) is 0. The third-order valence-corrected chi connectivity index (χ3v) is 5.23. The van der Waals surface area contributed by atoms with Crippen LogP contribution in [-0.4, -0.2) is 44.0 Å². The van der Waals surface area contributed by atoms with Gasteiger partial charge in [0.1, 0.15) is 23.6 Å². The summed E-state index contributed by atoms with van der Waals surface area (Å²) in [5.74, 6) is 1.30. The molecule has 0 saturated carbocycles. The van der Waals surface area contributed by atoms with Crippen LogP contribution in [0.4, 0.5) is 0 Å². The zero-order chi connectivity index (χ0) is 20.5. The van der Waals surface area contributed by atoms with Gasteiger partial charge in [0.05, 0.1) is 25.0 Å². The standard InChI is InChI=1S/C22H21N5O3/c1-29-13-20-25-18-12-26(8-7-19(18)30-20)22(28)16-9-17-21(23-10-16)27(14-24-17)11-15-5-3-2-4-6-15/h2-6,9-10,14H,7-8,11-13H2,1H3. The summed E-state index contributed by atoms with van der Waals surface area (Å²) in [4.78, 5) is 28.2. The lowest BCUT2D eigenvalue weighted by Crippen LogP contribution is -2.35. The molecule has 0 unspecified atom stereocenters. The summed E-state index contributed by atoms with van der Waals surface area (Å²) in [6.45, 7) is 2.01. The number of ether oxygens (including phenoxy) is 1. The van der Waals surface area contributed by atoms with Gasteiger partial charge in [0.25, 0.3) is 5.91 Å². The van der Waals surface area contributed by atoms with Gasteiger partial charge in [0.2, 0.25) is 5.89 Å². The minimum Gasteiger partial charge on any atom is -0.443 e. The molecule has 0 radical (unpaired) electrons. The minimum atomic E-state index is -0.0797. The molecule has 5 rings (SSSR count). The van der Waals surface area contributed by atoms with Crippen LogP contribution in [0.1, 0.15) is 33.3 Å². The largest absolute Gasteiger partial charge is 0.443 e. The fourth-order valence-corrected chi connectivity index (χ4v) is 3.75. The maximum Gasteiger partial charge on any atom is 0.255 e. The molecule has 1 aliphatic rings. The molecule has 0 atom stereocenters. The number of hydrogen-bond acceptors (Lipinski definition) is 6. The molecule has 4 heterocycles. The van der Waals surface area contributed by atoms with Gasteiger partial charge in [0.15, 0.2) is 5.65 Å². The summed E-state index contributed by atoms with van der Waals surface area (Å²) >= 11 is 0. The molecule has 0 aliphatic carbocycles. The highest BCUT2D eigenvalue weighted by Gasteiger charge is 2.26. The van der Waals surface area contributed by atoms with E-state index in [1.807, 2.05) is 22.8 Å². The molecule has 0 bridgehead atoms. The van der Waals surface area contributed by atoms with Gasteiger partial charge in [-0.2, -0.15) is 0 Å². The second-order valence-corrected chi connectivity index (χ2v) is 7.31. The smallest absolute Gasteiger partial charge is 0.255 e. The summed E-state index contributed by atoms with van der Waals surface area (Å²) in [7, 11) is 1.60. The minimum absolute atomic E-state index is 0.0797. The Balaban J connectivity index is 1.35. The molecule has 0 saturated heterocycles. The van der Waals surface area contributed by atoms with E-state index in [-0.39, 0.29) is 5.91 Å². The number of pyridine rings is 1. The first-order valence-corrected chi connectivity index (χ1v) is 9.82. The fraction of sp³-hybridized carbons (Fsp3) is 0.273. The second kappa shape index (κ2) is 7.72. The van der Waals surface area contributed by atoms with E-state index in [1.54, 1.807) is 30.6 Å². The average Bonchev–Trinajstić information content (AvgIpc) is 3.36. The number of benzene rings is 1. The average molecular weight is 403 g/mol. The normalized spacial score (nSPS) is 13.6. The topological polar surface area (TPSA) is 86.3 Å². The molecule has 1 aliphatic heterocycles. The van der Waals surface area contributed by atoms with Crippen molar-refractivity contribution in [3.05, 3.63) is 77.4 Å². The van der Waals surface area contributed by atoms with Crippen LogP contribution in [0.2, 0.25) is 0 Å². The molecular formula is C22H21N5O3. The van der Waals surface area contributed by atoms with Gasteiger partial charge in [0, 0.05) is 26.3 Å².